The standard InChI is InChI=1S/C36H53NO3/c1-24(22-37-20-8-7-9-21-37)25-12-17-36(23-38)19-18-34(5)26(30(25)36)10-11-29-33(4)15-13-27(31(39)40)32(2,3)28(33)14-16-35(29,34)6/h7-9,20-21,25-30,38H,1,10-19,22-23H2,2-6H3/p+1/t25-,26?,27?,28?,29?,30?,33-,34+,35+,36+/m0/s1. The molecule has 1 aromatic rings. The van der Waals surface area contributed by atoms with Crippen LogP contribution in [0.15, 0.2) is 42.7 Å². The van der Waals surface area contributed by atoms with E-state index in [1.807, 2.05) is 0 Å². The first-order chi connectivity index (χ1) is 18.8. The minimum absolute atomic E-state index is 0.0466. The highest BCUT2D eigenvalue weighted by atomic mass is 16.4. The van der Waals surface area contributed by atoms with Gasteiger partial charge in [-0.1, -0.05) is 47.3 Å². The molecule has 5 fully saturated rings. The number of hydrogen-bond acceptors (Lipinski definition) is 2. The quantitative estimate of drug-likeness (QED) is 0.300. The van der Waals surface area contributed by atoms with E-state index in [0.717, 1.165) is 45.1 Å². The highest BCUT2D eigenvalue weighted by Crippen LogP contribution is 2.77. The van der Waals surface area contributed by atoms with Crippen LogP contribution in [0.2, 0.25) is 0 Å². The molecule has 6 rings (SSSR count). The molecule has 5 saturated carbocycles. The zero-order valence-electron chi connectivity index (χ0n) is 25.8. The van der Waals surface area contributed by atoms with E-state index in [4.69, 9.17) is 6.58 Å². The topological polar surface area (TPSA) is 61.4 Å². The zero-order chi connectivity index (χ0) is 28.7. The van der Waals surface area contributed by atoms with E-state index in [1.165, 1.54) is 31.3 Å². The van der Waals surface area contributed by atoms with Gasteiger partial charge in [-0.15, -0.1) is 0 Å². The molecule has 0 radical (unpaired) electrons. The van der Waals surface area contributed by atoms with Gasteiger partial charge in [-0.05, 0) is 126 Å². The lowest BCUT2D eigenvalue weighted by molar-refractivity contribution is -0.689. The number of carboxylic acids is 1. The van der Waals surface area contributed by atoms with Crippen LogP contribution in [0.1, 0.15) is 98.8 Å². The maximum absolute atomic E-state index is 12.3. The van der Waals surface area contributed by atoms with Crippen molar-refractivity contribution in [3.05, 3.63) is 42.7 Å². The minimum Gasteiger partial charge on any atom is -0.481 e. The van der Waals surface area contributed by atoms with Crippen LogP contribution in [-0.4, -0.2) is 22.8 Å². The Balaban J connectivity index is 1.33. The zero-order valence-corrected chi connectivity index (χ0v) is 25.8. The summed E-state index contributed by atoms with van der Waals surface area (Å²) in [5, 5.41) is 21.0. The predicted octanol–water partition coefficient (Wildman–Crippen LogP) is 7.30. The van der Waals surface area contributed by atoms with Crippen molar-refractivity contribution in [1.82, 2.24) is 0 Å². The molecule has 220 valence electrons. The molecular formula is C36H54NO3+. The Labute approximate surface area is 242 Å². The number of rotatable bonds is 5. The van der Waals surface area contributed by atoms with E-state index in [0.29, 0.717) is 36.2 Å². The van der Waals surface area contributed by atoms with E-state index < -0.39 is 5.97 Å². The Morgan fingerprint density at radius 1 is 0.850 bits per heavy atom. The summed E-state index contributed by atoms with van der Waals surface area (Å²) in [6.07, 6.45) is 15.7. The average molecular weight is 549 g/mol. The van der Waals surface area contributed by atoms with E-state index >= 15 is 0 Å². The highest BCUT2D eigenvalue weighted by Gasteiger charge is 2.71. The first kappa shape index (κ1) is 28.4. The second kappa shape index (κ2) is 9.41. The summed E-state index contributed by atoms with van der Waals surface area (Å²) >= 11 is 0. The number of allylic oxidation sites excluding steroid dienone is 1. The van der Waals surface area contributed by atoms with Gasteiger partial charge in [0.15, 0.2) is 18.9 Å². The highest BCUT2D eigenvalue weighted by molar-refractivity contribution is 5.71. The van der Waals surface area contributed by atoms with Gasteiger partial charge < -0.3 is 10.2 Å². The van der Waals surface area contributed by atoms with Gasteiger partial charge in [-0.2, -0.15) is 0 Å². The summed E-state index contributed by atoms with van der Waals surface area (Å²) in [7, 11) is 0. The molecule has 0 saturated heterocycles. The van der Waals surface area contributed by atoms with Crippen LogP contribution in [0, 0.1) is 62.6 Å². The molecule has 1 aromatic heterocycles. The fraction of sp³-hybridized carbons (Fsp3) is 0.778. The molecule has 0 spiro atoms. The fourth-order valence-corrected chi connectivity index (χ4v) is 12.8. The number of fused-ring (bicyclic) bond motifs is 7. The van der Waals surface area contributed by atoms with Crippen LogP contribution in [0.4, 0.5) is 0 Å². The van der Waals surface area contributed by atoms with E-state index in [2.05, 4.69) is 69.8 Å². The van der Waals surface area contributed by atoms with Gasteiger partial charge in [-0.25, -0.2) is 4.57 Å². The van der Waals surface area contributed by atoms with Gasteiger partial charge in [0.05, 0.1) is 5.92 Å². The maximum atomic E-state index is 12.3. The summed E-state index contributed by atoms with van der Waals surface area (Å²) in [6, 6.07) is 6.27. The number of aromatic nitrogens is 1. The van der Waals surface area contributed by atoms with Gasteiger partial charge in [0.2, 0.25) is 0 Å². The van der Waals surface area contributed by atoms with E-state index in [-0.39, 0.29) is 33.0 Å². The van der Waals surface area contributed by atoms with Gasteiger partial charge >= 0.3 is 5.97 Å². The Bertz CT molecular complexity index is 1160. The van der Waals surface area contributed by atoms with E-state index in [9.17, 15) is 15.0 Å². The van der Waals surface area contributed by atoms with Crippen molar-refractivity contribution in [2.24, 2.45) is 62.6 Å². The molecule has 1 heterocycles. The number of nitrogens with zero attached hydrogens (tertiary/aromatic N) is 1. The van der Waals surface area contributed by atoms with Crippen molar-refractivity contribution in [3.8, 4) is 0 Å². The summed E-state index contributed by atoms with van der Waals surface area (Å²) in [5.41, 5.74) is 1.91. The Morgan fingerprint density at radius 2 is 1.57 bits per heavy atom. The first-order valence-corrected chi connectivity index (χ1v) is 16.3. The molecule has 0 aliphatic heterocycles. The molecule has 4 nitrogen and oxygen atoms in total. The van der Waals surface area contributed by atoms with Crippen LogP contribution >= 0.6 is 0 Å². The average Bonchev–Trinajstić information content (AvgIpc) is 3.29. The molecule has 0 bridgehead atoms. The first-order valence-electron chi connectivity index (χ1n) is 16.3. The number of aliphatic hydroxyl groups is 1. The van der Waals surface area contributed by atoms with Crippen molar-refractivity contribution < 1.29 is 19.6 Å². The maximum Gasteiger partial charge on any atom is 0.307 e. The molecule has 2 N–H and O–H groups in total. The smallest absolute Gasteiger partial charge is 0.307 e. The molecule has 40 heavy (non-hydrogen) atoms. The normalized spacial score (nSPS) is 47.4. The molecule has 5 unspecified atom stereocenters. The predicted molar refractivity (Wildman–Crippen MR) is 158 cm³/mol. The monoisotopic (exact) mass is 548 g/mol. The Hall–Kier alpha value is -1.68. The number of aliphatic hydroxyl groups excluding tert-OH is 1. The van der Waals surface area contributed by atoms with Crippen LogP contribution in [-0.2, 0) is 11.3 Å². The molecule has 10 atom stereocenters. The van der Waals surface area contributed by atoms with Gasteiger partial charge in [0, 0.05) is 18.7 Å². The molecule has 0 amide bonds. The number of carbonyl (C=O) groups is 1. The van der Waals surface area contributed by atoms with Crippen molar-refractivity contribution >= 4 is 5.97 Å². The second-order valence-electron chi connectivity index (χ2n) is 16.3. The number of aliphatic carboxylic acids is 1. The van der Waals surface area contributed by atoms with Gasteiger partial charge in [0.25, 0.3) is 0 Å². The second-order valence-corrected chi connectivity index (χ2v) is 16.3. The number of hydrogen-bond donors (Lipinski definition) is 2. The number of carboxylic acid groups (broad SMARTS) is 1. The summed E-state index contributed by atoms with van der Waals surface area (Å²) in [6.45, 7) is 18.3. The molecule has 5 aliphatic rings. The van der Waals surface area contributed by atoms with Crippen molar-refractivity contribution in [3.63, 3.8) is 0 Å². The fourth-order valence-electron chi connectivity index (χ4n) is 12.8. The minimum atomic E-state index is -0.593. The van der Waals surface area contributed by atoms with Crippen molar-refractivity contribution in [2.75, 3.05) is 6.61 Å². The third kappa shape index (κ3) is 3.72. The lowest BCUT2D eigenvalue weighted by Crippen LogP contribution is -2.66. The number of pyridine rings is 1. The van der Waals surface area contributed by atoms with Crippen LogP contribution in [0.5, 0.6) is 0 Å². The third-order valence-corrected chi connectivity index (χ3v) is 14.9. The van der Waals surface area contributed by atoms with Gasteiger partial charge in [0.1, 0.15) is 0 Å². The molecule has 4 heteroatoms. The lowest BCUT2D eigenvalue weighted by atomic mass is 9.32. The summed E-state index contributed by atoms with van der Waals surface area (Å²) in [5.74, 6) is 1.88. The Kier molecular flexibility index (Phi) is 6.69. The largest absolute Gasteiger partial charge is 0.481 e. The summed E-state index contributed by atoms with van der Waals surface area (Å²) in [4.78, 5) is 12.3. The van der Waals surface area contributed by atoms with Crippen LogP contribution in [0.25, 0.3) is 0 Å². The molecular weight excluding hydrogens is 494 g/mol. The SMILES string of the molecule is C=C(C[n+]1ccccc1)[C@@H]1CC[C@]2(CO)CC[C@]3(C)C(CCC4[C@@]5(C)CCC(C(=O)O)C(C)(C)C5CC[C@]43C)C12. The molecule has 0 aromatic carbocycles. The summed E-state index contributed by atoms with van der Waals surface area (Å²) < 4.78 is 2.26. The van der Waals surface area contributed by atoms with Crippen molar-refractivity contribution in [1.29, 1.82) is 0 Å². The van der Waals surface area contributed by atoms with E-state index in [1.54, 1.807) is 0 Å². The molecule has 5 aliphatic carbocycles. The van der Waals surface area contributed by atoms with Crippen molar-refractivity contribution in [2.45, 2.75) is 105 Å². The lowest BCUT2D eigenvalue weighted by Gasteiger charge is -2.73. The Morgan fingerprint density at radius 3 is 2.25 bits per heavy atom. The van der Waals surface area contributed by atoms with Gasteiger partial charge in [-0.3, -0.25) is 4.79 Å². The van der Waals surface area contributed by atoms with Crippen LogP contribution < -0.4 is 4.57 Å². The van der Waals surface area contributed by atoms with Crippen LogP contribution in [0.3, 0.4) is 0 Å². The third-order valence-electron chi connectivity index (χ3n) is 14.9.